The van der Waals surface area contributed by atoms with E-state index < -0.39 is 5.97 Å². The number of hydrogen-bond acceptors (Lipinski definition) is 2. The summed E-state index contributed by atoms with van der Waals surface area (Å²) in [6.07, 6.45) is 3.86. The molecule has 0 spiro atoms. The van der Waals surface area contributed by atoms with E-state index in [4.69, 9.17) is 5.11 Å². The molecular weight excluding hydrogens is 178 g/mol. The fourth-order valence-electron chi connectivity index (χ4n) is 2.18. The maximum atomic E-state index is 11.0. The van der Waals surface area contributed by atoms with Gasteiger partial charge in [-0.05, 0) is 31.7 Å². The molecule has 0 radical (unpaired) electrons. The third-order valence-corrected chi connectivity index (χ3v) is 3.13. The Balaban J connectivity index is 2.44. The molecule has 1 aliphatic rings. The summed E-state index contributed by atoms with van der Waals surface area (Å²) in [5, 5.41) is 9.08. The molecule has 14 heavy (non-hydrogen) atoms. The van der Waals surface area contributed by atoms with Crippen LogP contribution in [0.5, 0.6) is 0 Å². The van der Waals surface area contributed by atoms with Crippen molar-refractivity contribution in [2.45, 2.75) is 39.2 Å². The Bertz CT molecular complexity index is 199. The van der Waals surface area contributed by atoms with Gasteiger partial charge in [-0.25, -0.2) is 0 Å². The second-order valence-electron chi connectivity index (χ2n) is 4.76. The van der Waals surface area contributed by atoms with E-state index in [0.29, 0.717) is 0 Å². The molecule has 0 aromatic rings. The Kier molecular flexibility index (Phi) is 3.93. The summed E-state index contributed by atoms with van der Waals surface area (Å²) < 4.78 is 0. The summed E-state index contributed by atoms with van der Waals surface area (Å²) in [5.74, 6) is 0.222. The highest BCUT2D eigenvalue weighted by atomic mass is 16.4. The molecule has 0 aromatic heterocycles. The Morgan fingerprint density at radius 1 is 1.50 bits per heavy atom. The van der Waals surface area contributed by atoms with Gasteiger partial charge in [-0.3, -0.25) is 9.69 Å². The Morgan fingerprint density at radius 2 is 2.07 bits per heavy atom. The minimum absolute atomic E-state index is 0.178. The van der Waals surface area contributed by atoms with Gasteiger partial charge in [0.15, 0.2) is 0 Å². The van der Waals surface area contributed by atoms with Gasteiger partial charge in [0.05, 0.1) is 0 Å². The first-order chi connectivity index (χ1) is 6.52. The van der Waals surface area contributed by atoms with Crippen molar-refractivity contribution in [1.29, 1.82) is 0 Å². The average Bonchev–Trinajstić information content (AvgIpc) is 1.95. The Morgan fingerprint density at radius 3 is 2.36 bits per heavy atom. The van der Waals surface area contributed by atoms with Gasteiger partial charge in [0.2, 0.25) is 0 Å². The van der Waals surface area contributed by atoms with Crippen LogP contribution in [0.4, 0.5) is 0 Å². The van der Waals surface area contributed by atoms with Crippen LogP contribution >= 0.6 is 0 Å². The standard InChI is InChI=1S/C11H21NO2/c1-8(2)10(11(13)14)12(3)7-9-5-4-6-9/h8-10H,4-7H2,1-3H3,(H,13,14). The number of carbonyl (C=O) groups is 1. The van der Waals surface area contributed by atoms with Crippen LogP contribution < -0.4 is 0 Å². The molecule has 0 amide bonds. The molecule has 3 heteroatoms. The highest BCUT2D eigenvalue weighted by molar-refractivity contribution is 5.73. The third-order valence-electron chi connectivity index (χ3n) is 3.13. The quantitative estimate of drug-likeness (QED) is 0.734. The molecule has 82 valence electrons. The third kappa shape index (κ3) is 2.71. The highest BCUT2D eigenvalue weighted by Crippen LogP contribution is 2.27. The summed E-state index contributed by atoms with van der Waals surface area (Å²) >= 11 is 0. The second kappa shape index (κ2) is 4.78. The first-order valence-electron chi connectivity index (χ1n) is 5.45. The fourth-order valence-corrected chi connectivity index (χ4v) is 2.18. The van der Waals surface area contributed by atoms with Crippen molar-refractivity contribution >= 4 is 5.97 Å². The van der Waals surface area contributed by atoms with Gasteiger partial charge in [-0.1, -0.05) is 20.3 Å². The lowest BCUT2D eigenvalue weighted by Crippen LogP contribution is -2.45. The van der Waals surface area contributed by atoms with E-state index in [9.17, 15) is 4.79 Å². The molecule has 1 N–H and O–H groups in total. The molecule has 1 fully saturated rings. The first kappa shape index (κ1) is 11.5. The van der Waals surface area contributed by atoms with Gasteiger partial charge in [-0.15, -0.1) is 0 Å². The molecule has 1 unspecified atom stereocenters. The van der Waals surface area contributed by atoms with E-state index in [1.807, 2.05) is 25.8 Å². The van der Waals surface area contributed by atoms with Crippen LogP contribution in [0.1, 0.15) is 33.1 Å². The average molecular weight is 199 g/mol. The van der Waals surface area contributed by atoms with Crippen molar-refractivity contribution in [2.24, 2.45) is 11.8 Å². The summed E-state index contributed by atoms with van der Waals surface area (Å²) in [6.45, 7) is 4.88. The Hall–Kier alpha value is -0.570. The van der Waals surface area contributed by atoms with E-state index in [1.54, 1.807) is 0 Å². The van der Waals surface area contributed by atoms with Crippen molar-refractivity contribution in [3.63, 3.8) is 0 Å². The van der Waals surface area contributed by atoms with Gasteiger partial charge >= 0.3 is 5.97 Å². The lowest BCUT2D eigenvalue weighted by atomic mass is 9.84. The molecule has 1 atom stereocenters. The van der Waals surface area contributed by atoms with Crippen LogP contribution in [-0.2, 0) is 4.79 Å². The number of hydrogen-bond donors (Lipinski definition) is 1. The summed E-state index contributed by atoms with van der Waals surface area (Å²) in [7, 11) is 1.93. The van der Waals surface area contributed by atoms with Crippen molar-refractivity contribution < 1.29 is 9.90 Å². The number of carboxylic acids is 1. The van der Waals surface area contributed by atoms with Gasteiger partial charge < -0.3 is 5.11 Å². The zero-order chi connectivity index (χ0) is 10.7. The normalized spacial score (nSPS) is 19.8. The minimum Gasteiger partial charge on any atom is -0.480 e. The van der Waals surface area contributed by atoms with Gasteiger partial charge in [0.1, 0.15) is 6.04 Å². The summed E-state index contributed by atoms with van der Waals surface area (Å²) in [4.78, 5) is 13.0. The van der Waals surface area contributed by atoms with Crippen LogP contribution in [-0.4, -0.2) is 35.6 Å². The number of aliphatic carboxylic acids is 1. The second-order valence-corrected chi connectivity index (χ2v) is 4.76. The number of carboxylic acid groups (broad SMARTS) is 1. The van der Waals surface area contributed by atoms with E-state index in [2.05, 4.69) is 0 Å². The van der Waals surface area contributed by atoms with Crippen LogP contribution in [0.3, 0.4) is 0 Å². The van der Waals surface area contributed by atoms with Crippen molar-refractivity contribution in [2.75, 3.05) is 13.6 Å². The Labute approximate surface area is 86.1 Å². The topological polar surface area (TPSA) is 40.5 Å². The molecule has 0 saturated heterocycles. The maximum absolute atomic E-state index is 11.0. The van der Waals surface area contributed by atoms with Crippen LogP contribution in [0.2, 0.25) is 0 Å². The SMILES string of the molecule is CC(C)C(C(=O)O)N(C)CC1CCC1. The summed E-state index contributed by atoms with van der Waals surface area (Å²) in [6, 6.07) is -0.324. The van der Waals surface area contributed by atoms with E-state index in [-0.39, 0.29) is 12.0 Å². The number of rotatable bonds is 5. The van der Waals surface area contributed by atoms with Crippen molar-refractivity contribution in [3.05, 3.63) is 0 Å². The largest absolute Gasteiger partial charge is 0.480 e. The zero-order valence-electron chi connectivity index (χ0n) is 9.36. The zero-order valence-corrected chi connectivity index (χ0v) is 9.36. The highest BCUT2D eigenvalue weighted by Gasteiger charge is 2.29. The maximum Gasteiger partial charge on any atom is 0.321 e. The predicted molar refractivity (Wildman–Crippen MR) is 56.2 cm³/mol. The molecule has 0 aromatic carbocycles. The van der Waals surface area contributed by atoms with E-state index >= 15 is 0 Å². The molecule has 1 aliphatic carbocycles. The molecular formula is C11H21NO2. The van der Waals surface area contributed by atoms with Gasteiger partial charge in [0.25, 0.3) is 0 Å². The number of nitrogens with zero attached hydrogens (tertiary/aromatic N) is 1. The lowest BCUT2D eigenvalue weighted by molar-refractivity contribution is -0.144. The van der Waals surface area contributed by atoms with E-state index in [1.165, 1.54) is 19.3 Å². The van der Waals surface area contributed by atoms with E-state index in [0.717, 1.165) is 12.5 Å². The van der Waals surface area contributed by atoms with Crippen LogP contribution in [0, 0.1) is 11.8 Å². The van der Waals surface area contributed by atoms with Crippen LogP contribution in [0.25, 0.3) is 0 Å². The molecule has 1 saturated carbocycles. The minimum atomic E-state index is -0.693. The van der Waals surface area contributed by atoms with Crippen LogP contribution in [0.15, 0.2) is 0 Å². The number of likely N-dealkylation sites (N-methyl/N-ethyl adjacent to an activating group) is 1. The fraction of sp³-hybridized carbons (Fsp3) is 0.909. The smallest absolute Gasteiger partial charge is 0.321 e. The molecule has 0 heterocycles. The van der Waals surface area contributed by atoms with Gasteiger partial charge in [0, 0.05) is 6.54 Å². The summed E-state index contributed by atoms with van der Waals surface area (Å²) in [5.41, 5.74) is 0. The predicted octanol–water partition coefficient (Wildman–Crippen LogP) is 1.83. The molecule has 1 rings (SSSR count). The van der Waals surface area contributed by atoms with Crippen molar-refractivity contribution in [1.82, 2.24) is 4.90 Å². The lowest BCUT2D eigenvalue weighted by Gasteiger charge is -2.34. The first-order valence-corrected chi connectivity index (χ1v) is 5.45. The molecule has 0 bridgehead atoms. The molecule has 0 aliphatic heterocycles. The van der Waals surface area contributed by atoms with Crippen molar-refractivity contribution in [3.8, 4) is 0 Å². The monoisotopic (exact) mass is 199 g/mol. The van der Waals surface area contributed by atoms with Gasteiger partial charge in [-0.2, -0.15) is 0 Å². The molecule has 3 nitrogen and oxygen atoms in total.